The highest BCUT2D eigenvalue weighted by atomic mass is 16.5. The lowest BCUT2D eigenvalue weighted by molar-refractivity contribution is 0.277. The molecule has 2 aromatic rings. The number of unbranched alkanes of at least 4 members (excludes halogenated alkanes) is 1. The molecule has 0 unspecified atom stereocenters. The van der Waals surface area contributed by atoms with E-state index >= 15 is 0 Å². The molecule has 1 aliphatic heterocycles. The molecule has 8 nitrogen and oxygen atoms in total. The molecule has 138 valence electrons. The van der Waals surface area contributed by atoms with Gasteiger partial charge in [-0.1, -0.05) is 5.16 Å². The molecular formula is C18H24N6O2. The SMILES string of the molecule is Cc1cc(COc2ccnc(N3CCCN(CCCC#N)CC3)n2)no1. The van der Waals surface area contributed by atoms with Gasteiger partial charge in [-0.15, -0.1) is 0 Å². The molecule has 0 aliphatic carbocycles. The molecule has 0 saturated carbocycles. The van der Waals surface area contributed by atoms with Crippen LogP contribution in [0.4, 0.5) is 5.95 Å². The average Bonchev–Trinajstić information content (AvgIpc) is 2.93. The minimum Gasteiger partial charge on any atom is -0.471 e. The first-order valence-electron chi connectivity index (χ1n) is 8.97. The Bertz CT molecular complexity index is 741. The van der Waals surface area contributed by atoms with Gasteiger partial charge in [0.1, 0.15) is 18.1 Å². The highest BCUT2D eigenvalue weighted by molar-refractivity contribution is 5.32. The topological polar surface area (TPSA) is 91.3 Å². The number of nitriles is 1. The molecular weight excluding hydrogens is 332 g/mol. The van der Waals surface area contributed by atoms with Crippen molar-refractivity contribution >= 4 is 5.95 Å². The second-order valence-corrected chi connectivity index (χ2v) is 6.36. The smallest absolute Gasteiger partial charge is 0.228 e. The minimum atomic E-state index is 0.320. The average molecular weight is 356 g/mol. The number of ether oxygens (including phenoxy) is 1. The number of hydrogen-bond acceptors (Lipinski definition) is 8. The lowest BCUT2D eigenvalue weighted by Crippen LogP contribution is -2.32. The summed E-state index contributed by atoms with van der Waals surface area (Å²) in [6.45, 7) is 6.94. The van der Waals surface area contributed by atoms with Gasteiger partial charge in [0.05, 0.1) is 6.07 Å². The van der Waals surface area contributed by atoms with Crippen LogP contribution in [0.1, 0.15) is 30.7 Å². The molecule has 3 heterocycles. The van der Waals surface area contributed by atoms with Crippen LogP contribution in [0.25, 0.3) is 0 Å². The molecule has 8 heteroatoms. The summed E-state index contributed by atoms with van der Waals surface area (Å²) < 4.78 is 10.8. The monoisotopic (exact) mass is 356 g/mol. The van der Waals surface area contributed by atoms with Gasteiger partial charge in [-0.3, -0.25) is 0 Å². The van der Waals surface area contributed by atoms with E-state index in [2.05, 4.69) is 31.0 Å². The zero-order chi connectivity index (χ0) is 18.2. The lowest BCUT2D eigenvalue weighted by Gasteiger charge is -2.21. The van der Waals surface area contributed by atoms with Crippen molar-refractivity contribution in [3.63, 3.8) is 0 Å². The molecule has 1 fully saturated rings. The molecule has 0 amide bonds. The van der Waals surface area contributed by atoms with Crippen LogP contribution >= 0.6 is 0 Å². The van der Waals surface area contributed by atoms with Gasteiger partial charge in [0.2, 0.25) is 11.8 Å². The van der Waals surface area contributed by atoms with Crippen LogP contribution in [0.2, 0.25) is 0 Å². The zero-order valence-electron chi connectivity index (χ0n) is 15.1. The molecule has 1 aliphatic rings. The second kappa shape index (κ2) is 9.15. The summed E-state index contributed by atoms with van der Waals surface area (Å²) in [5, 5.41) is 12.6. The third kappa shape index (κ3) is 5.17. The lowest BCUT2D eigenvalue weighted by atomic mass is 10.3. The normalized spacial score (nSPS) is 15.5. The molecule has 0 bridgehead atoms. The van der Waals surface area contributed by atoms with Crippen molar-refractivity contribution in [2.75, 3.05) is 37.6 Å². The maximum atomic E-state index is 8.67. The quantitative estimate of drug-likeness (QED) is 0.697. The molecule has 26 heavy (non-hydrogen) atoms. The first-order valence-corrected chi connectivity index (χ1v) is 8.97. The van der Waals surface area contributed by atoms with Gasteiger partial charge in [0.15, 0.2) is 0 Å². The van der Waals surface area contributed by atoms with Crippen LogP contribution in [0, 0.1) is 18.3 Å². The predicted molar refractivity (Wildman–Crippen MR) is 95.7 cm³/mol. The van der Waals surface area contributed by atoms with Crippen molar-refractivity contribution in [2.45, 2.75) is 32.8 Å². The number of anilines is 1. The van der Waals surface area contributed by atoms with Gasteiger partial charge in [0, 0.05) is 44.4 Å². The molecule has 0 radical (unpaired) electrons. The largest absolute Gasteiger partial charge is 0.471 e. The Morgan fingerprint density at radius 1 is 1.31 bits per heavy atom. The Labute approximate surface area is 153 Å². The highest BCUT2D eigenvalue weighted by Crippen LogP contribution is 2.16. The van der Waals surface area contributed by atoms with E-state index in [9.17, 15) is 0 Å². The van der Waals surface area contributed by atoms with E-state index in [-0.39, 0.29) is 0 Å². The fourth-order valence-corrected chi connectivity index (χ4v) is 2.98. The number of aryl methyl sites for hydroxylation is 1. The van der Waals surface area contributed by atoms with Gasteiger partial charge in [-0.05, 0) is 32.9 Å². The standard InChI is InChI=1S/C18H24N6O2/c1-15-13-16(22-26-15)14-25-17-5-7-20-18(21-17)24-10-4-9-23(11-12-24)8-3-2-6-19/h5,7,13H,2-4,8-12,14H2,1H3. The van der Waals surface area contributed by atoms with Crippen molar-refractivity contribution in [2.24, 2.45) is 0 Å². The highest BCUT2D eigenvalue weighted by Gasteiger charge is 2.17. The summed E-state index contributed by atoms with van der Waals surface area (Å²) in [6, 6.07) is 5.80. The van der Waals surface area contributed by atoms with E-state index in [4.69, 9.17) is 14.5 Å². The number of rotatable bonds is 7. The van der Waals surface area contributed by atoms with E-state index in [1.54, 1.807) is 12.3 Å². The Hall–Kier alpha value is -2.66. The van der Waals surface area contributed by atoms with E-state index in [0.29, 0.717) is 24.9 Å². The fraction of sp³-hybridized carbons (Fsp3) is 0.556. The fourth-order valence-electron chi connectivity index (χ4n) is 2.98. The third-order valence-electron chi connectivity index (χ3n) is 4.30. The molecule has 0 spiro atoms. The van der Waals surface area contributed by atoms with Crippen LogP contribution in [0.15, 0.2) is 22.9 Å². The number of hydrogen-bond donors (Lipinski definition) is 0. The second-order valence-electron chi connectivity index (χ2n) is 6.36. The summed E-state index contributed by atoms with van der Waals surface area (Å²) in [5.41, 5.74) is 0.741. The Morgan fingerprint density at radius 2 is 2.23 bits per heavy atom. The van der Waals surface area contributed by atoms with Crippen LogP contribution in [0.5, 0.6) is 5.88 Å². The number of aromatic nitrogens is 3. The Morgan fingerprint density at radius 3 is 3.04 bits per heavy atom. The van der Waals surface area contributed by atoms with Crippen LogP contribution in [-0.4, -0.2) is 52.7 Å². The predicted octanol–water partition coefficient (Wildman–Crippen LogP) is 2.17. The van der Waals surface area contributed by atoms with Gasteiger partial charge in [-0.2, -0.15) is 10.2 Å². The maximum absolute atomic E-state index is 8.67. The summed E-state index contributed by atoms with van der Waals surface area (Å²) in [7, 11) is 0. The van der Waals surface area contributed by atoms with Crippen LogP contribution in [0.3, 0.4) is 0 Å². The van der Waals surface area contributed by atoms with Gasteiger partial charge in [0.25, 0.3) is 0 Å². The van der Waals surface area contributed by atoms with Crippen molar-refractivity contribution in [1.82, 2.24) is 20.0 Å². The minimum absolute atomic E-state index is 0.320. The Balaban J connectivity index is 1.54. The molecule has 0 N–H and O–H groups in total. The van der Waals surface area contributed by atoms with Gasteiger partial charge < -0.3 is 19.1 Å². The molecule has 0 atom stereocenters. The van der Waals surface area contributed by atoms with Gasteiger partial charge in [-0.25, -0.2) is 4.98 Å². The van der Waals surface area contributed by atoms with Crippen molar-refractivity contribution < 1.29 is 9.26 Å². The summed E-state index contributed by atoms with van der Waals surface area (Å²) in [5.74, 6) is 1.99. The summed E-state index contributed by atoms with van der Waals surface area (Å²) in [4.78, 5) is 13.5. The molecule has 2 aromatic heterocycles. The Kier molecular flexibility index (Phi) is 6.39. The first kappa shape index (κ1) is 18.1. The summed E-state index contributed by atoms with van der Waals surface area (Å²) >= 11 is 0. The van der Waals surface area contributed by atoms with Crippen LogP contribution < -0.4 is 9.64 Å². The summed E-state index contributed by atoms with van der Waals surface area (Å²) in [6.07, 6.45) is 4.33. The zero-order valence-corrected chi connectivity index (χ0v) is 15.1. The number of nitrogens with zero attached hydrogens (tertiary/aromatic N) is 6. The van der Waals surface area contributed by atoms with Crippen molar-refractivity contribution in [3.05, 3.63) is 29.8 Å². The van der Waals surface area contributed by atoms with E-state index in [1.165, 1.54) is 0 Å². The maximum Gasteiger partial charge on any atom is 0.228 e. The van der Waals surface area contributed by atoms with E-state index < -0.39 is 0 Å². The first-order chi connectivity index (χ1) is 12.7. The third-order valence-corrected chi connectivity index (χ3v) is 4.30. The molecule has 0 aromatic carbocycles. The van der Waals surface area contributed by atoms with Crippen LogP contribution in [-0.2, 0) is 6.61 Å². The van der Waals surface area contributed by atoms with Gasteiger partial charge >= 0.3 is 0 Å². The van der Waals surface area contributed by atoms with E-state index in [1.807, 2.05) is 13.0 Å². The molecule has 3 rings (SSSR count). The molecule has 1 saturated heterocycles. The van der Waals surface area contributed by atoms with E-state index in [0.717, 1.165) is 57.0 Å². The van der Waals surface area contributed by atoms with Crippen molar-refractivity contribution in [1.29, 1.82) is 5.26 Å². The van der Waals surface area contributed by atoms with Crippen molar-refractivity contribution in [3.8, 4) is 11.9 Å².